The van der Waals surface area contributed by atoms with Crippen LogP contribution in [0.2, 0.25) is 0 Å². The molecule has 1 fully saturated rings. The van der Waals surface area contributed by atoms with Crippen LogP contribution < -0.4 is 0 Å². The topological polar surface area (TPSA) is 53.7 Å². The zero-order valence-electron chi connectivity index (χ0n) is 13.3. The van der Waals surface area contributed by atoms with Crippen molar-refractivity contribution in [1.82, 2.24) is 4.90 Å². The normalized spacial score (nSPS) is 18.1. The molecule has 2 aromatic rings. The number of fused-ring (bicyclic) bond motifs is 1. The highest BCUT2D eigenvalue weighted by molar-refractivity contribution is 5.77. The molecule has 0 saturated carbocycles. The van der Waals surface area contributed by atoms with Gasteiger partial charge in [-0.1, -0.05) is 12.1 Å². The number of likely N-dealkylation sites (tertiary alicyclic amines) is 1. The summed E-state index contributed by atoms with van der Waals surface area (Å²) in [4.78, 5) is 14.0. The molecule has 0 bridgehead atoms. The third-order valence-corrected chi connectivity index (χ3v) is 5.02. The van der Waals surface area contributed by atoms with Gasteiger partial charge in [-0.15, -0.1) is 6.58 Å². The van der Waals surface area contributed by atoms with E-state index >= 15 is 0 Å². The summed E-state index contributed by atoms with van der Waals surface area (Å²) in [5.74, 6) is -0.654. The van der Waals surface area contributed by atoms with Crippen LogP contribution in [0, 0.1) is 5.41 Å². The van der Waals surface area contributed by atoms with Gasteiger partial charge in [-0.3, -0.25) is 9.69 Å². The first-order valence-electron chi connectivity index (χ1n) is 8.16. The monoisotopic (exact) mass is 313 g/mol. The van der Waals surface area contributed by atoms with Crippen molar-refractivity contribution in [1.29, 1.82) is 0 Å². The molecular formula is C19H23NO3. The second-order valence-corrected chi connectivity index (χ2v) is 6.48. The Labute approximate surface area is 136 Å². The maximum absolute atomic E-state index is 11.7. The number of hydrogen-bond acceptors (Lipinski definition) is 3. The summed E-state index contributed by atoms with van der Waals surface area (Å²) in [5, 5.41) is 10.7. The van der Waals surface area contributed by atoms with Crippen molar-refractivity contribution in [2.45, 2.75) is 32.2 Å². The van der Waals surface area contributed by atoms with E-state index in [4.69, 9.17) is 4.42 Å². The molecule has 0 spiro atoms. The van der Waals surface area contributed by atoms with Crippen LogP contribution in [0.1, 0.15) is 31.2 Å². The predicted octanol–water partition coefficient (Wildman–Crippen LogP) is 4.07. The lowest BCUT2D eigenvalue weighted by molar-refractivity contribution is -0.152. The number of piperidine rings is 1. The van der Waals surface area contributed by atoms with E-state index in [1.165, 1.54) is 5.56 Å². The lowest BCUT2D eigenvalue weighted by Gasteiger charge is -2.38. The van der Waals surface area contributed by atoms with Gasteiger partial charge in [0.2, 0.25) is 0 Å². The number of furan rings is 1. The van der Waals surface area contributed by atoms with Crippen LogP contribution in [0.4, 0.5) is 0 Å². The maximum Gasteiger partial charge on any atom is 0.309 e. The number of carboxylic acid groups (broad SMARTS) is 1. The fraction of sp³-hybridized carbons (Fsp3) is 0.421. The molecule has 1 aromatic heterocycles. The van der Waals surface area contributed by atoms with Gasteiger partial charge in [0.05, 0.1) is 11.7 Å². The summed E-state index contributed by atoms with van der Waals surface area (Å²) >= 11 is 0. The smallest absolute Gasteiger partial charge is 0.309 e. The van der Waals surface area contributed by atoms with Crippen molar-refractivity contribution in [3.63, 3.8) is 0 Å². The van der Waals surface area contributed by atoms with Gasteiger partial charge in [0.1, 0.15) is 5.58 Å². The van der Waals surface area contributed by atoms with Gasteiger partial charge in [-0.2, -0.15) is 0 Å². The molecule has 1 saturated heterocycles. The molecule has 2 heterocycles. The van der Waals surface area contributed by atoms with E-state index in [2.05, 4.69) is 23.6 Å². The summed E-state index contributed by atoms with van der Waals surface area (Å²) in [6.45, 7) is 6.23. The molecule has 122 valence electrons. The summed E-state index contributed by atoms with van der Waals surface area (Å²) in [6.07, 6.45) is 6.41. The predicted molar refractivity (Wildman–Crippen MR) is 90.2 cm³/mol. The first-order valence-corrected chi connectivity index (χ1v) is 8.16. The molecule has 0 atom stereocenters. The zero-order chi connectivity index (χ0) is 16.3. The second kappa shape index (κ2) is 6.59. The molecule has 1 aliphatic rings. The molecule has 0 radical (unpaired) electrons. The Hall–Kier alpha value is -2.07. The van der Waals surface area contributed by atoms with Gasteiger partial charge in [0.15, 0.2) is 0 Å². The van der Waals surface area contributed by atoms with E-state index in [1.54, 1.807) is 6.26 Å². The molecule has 4 heteroatoms. The van der Waals surface area contributed by atoms with Gasteiger partial charge in [-0.05, 0) is 62.5 Å². The van der Waals surface area contributed by atoms with Crippen molar-refractivity contribution in [2.75, 3.05) is 13.1 Å². The largest absolute Gasteiger partial charge is 0.481 e. The number of hydrogen-bond donors (Lipinski definition) is 1. The van der Waals surface area contributed by atoms with Gasteiger partial charge >= 0.3 is 5.97 Å². The second-order valence-electron chi connectivity index (χ2n) is 6.48. The van der Waals surface area contributed by atoms with Crippen molar-refractivity contribution in [3.8, 4) is 0 Å². The average molecular weight is 313 g/mol. The van der Waals surface area contributed by atoms with Gasteiger partial charge in [-0.25, -0.2) is 0 Å². The van der Waals surface area contributed by atoms with E-state index < -0.39 is 11.4 Å². The lowest BCUT2D eigenvalue weighted by atomic mass is 9.75. The molecule has 3 rings (SSSR count). The quantitative estimate of drug-likeness (QED) is 0.817. The minimum absolute atomic E-state index is 0.570. The summed E-state index contributed by atoms with van der Waals surface area (Å²) in [5.41, 5.74) is 1.58. The van der Waals surface area contributed by atoms with Crippen molar-refractivity contribution in [2.24, 2.45) is 5.41 Å². The number of aliphatic carboxylic acids is 1. The minimum atomic E-state index is -0.654. The molecule has 23 heavy (non-hydrogen) atoms. The summed E-state index contributed by atoms with van der Waals surface area (Å²) in [6, 6.07) is 8.21. The van der Waals surface area contributed by atoms with E-state index in [0.29, 0.717) is 19.3 Å². The molecule has 4 nitrogen and oxygen atoms in total. The lowest BCUT2D eigenvalue weighted by Crippen LogP contribution is -2.44. The molecule has 0 amide bonds. The molecular weight excluding hydrogens is 290 g/mol. The van der Waals surface area contributed by atoms with Crippen LogP contribution in [-0.4, -0.2) is 29.1 Å². The molecule has 1 N–H and O–H groups in total. The Balaban J connectivity index is 1.63. The van der Waals surface area contributed by atoms with Crippen molar-refractivity contribution in [3.05, 3.63) is 48.7 Å². The molecule has 1 aliphatic heterocycles. The number of nitrogens with zero attached hydrogens (tertiary/aromatic N) is 1. The first-order chi connectivity index (χ1) is 11.1. The molecule has 0 unspecified atom stereocenters. The van der Waals surface area contributed by atoms with E-state index in [-0.39, 0.29) is 0 Å². The third kappa shape index (κ3) is 3.32. The Bertz CT molecular complexity index is 695. The Kier molecular flexibility index (Phi) is 4.53. The fourth-order valence-corrected chi connectivity index (χ4v) is 3.46. The number of benzene rings is 1. The first kappa shape index (κ1) is 15.8. The van der Waals surface area contributed by atoms with Crippen molar-refractivity contribution >= 4 is 16.9 Å². The van der Waals surface area contributed by atoms with Gasteiger partial charge < -0.3 is 9.52 Å². The number of rotatable bonds is 6. The van der Waals surface area contributed by atoms with Gasteiger partial charge in [0, 0.05) is 11.9 Å². The highest BCUT2D eigenvalue weighted by atomic mass is 16.4. The highest BCUT2D eigenvalue weighted by Crippen LogP contribution is 2.37. The van der Waals surface area contributed by atoms with Crippen molar-refractivity contribution < 1.29 is 14.3 Å². The van der Waals surface area contributed by atoms with Crippen LogP contribution in [0.15, 0.2) is 47.6 Å². The van der Waals surface area contributed by atoms with Crippen LogP contribution in [0.3, 0.4) is 0 Å². The summed E-state index contributed by atoms with van der Waals surface area (Å²) in [7, 11) is 0. The number of allylic oxidation sites excluding steroid dienone is 1. The van der Waals surface area contributed by atoms with E-state index in [9.17, 15) is 9.90 Å². The molecule has 0 aliphatic carbocycles. The average Bonchev–Trinajstić information content (AvgIpc) is 3.02. The SMILES string of the molecule is C=CCCC1(C(=O)O)CCN(Cc2ccc3occc3c2)CC1. The van der Waals surface area contributed by atoms with Gasteiger partial charge in [0.25, 0.3) is 0 Å². The van der Waals surface area contributed by atoms with Crippen LogP contribution in [0.5, 0.6) is 0 Å². The van der Waals surface area contributed by atoms with Crippen LogP contribution >= 0.6 is 0 Å². The van der Waals surface area contributed by atoms with E-state index in [1.807, 2.05) is 18.2 Å². The number of carboxylic acids is 1. The Morgan fingerprint density at radius 3 is 2.83 bits per heavy atom. The van der Waals surface area contributed by atoms with Crippen LogP contribution in [0.25, 0.3) is 11.0 Å². The van der Waals surface area contributed by atoms with E-state index in [0.717, 1.165) is 37.0 Å². The third-order valence-electron chi connectivity index (χ3n) is 5.02. The molecule has 1 aromatic carbocycles. The Morgan fingerprint density at radius 1 is 1.35 bits per heavy atom. The van der Waals surface area contributed by atoms with Crippen LogP contribution in [-0.2, 0) is 11.3 Å². The fourth-order valence-electron chi connectivity index (χ4n) is 3.46. The minimum Gasteiger partial charge on any atom is -0.481 e. The number of carbonyl (C=O) groups is 1. The zero-order valence-corrected chi connectivity index (χ0v) is 13.3. The summed E-state index contributed by atoms with van der Waals surface area (Å²) < 4.78 is 5.37. The standard InChI is InChI=1S/C19H23NO3/c1-2-3-7-19(18(21)22)8-10-20(11-9-19)14-15-4-5-17-16(13-15)6-12-23-17/h2,4-6,12-13H,1,3,7-11,14H2,(H,21,22). The highest BCUT2D eigenvalue weighted by Gasteiger charge is 2.40. The maximum atomic E-state index is 11.7. The Morgan fingerprint density at radius 2 is 2.13 bits per heavy atom.